The average molecular weight is 265 g/mol. The summed E-state index contributed by atoms with van der Waals surface area (Å²) in [5.41, 5.74) is 6.29. The van der Waals surface area contributed by atoms with Gasteiger partial charge in [0.1, 0.15) is 0 Å². The van der Waals surface area contributed by atoms with Gasteiger partial charge >= 0.3 is 0 Å². The normalized spacial score (nSPS) is 12.1. The molecular weight excluding hydrogens is 242 g/mol. The molecule has 0 aliphatic heterocycles. The van der Waals surface area contributed by atoms with Crippen LogP contribution in [-0.4, -0.2) is 6.21 Å². The highest BCUT2D eigenvalue weighted by molar-refractivity contribution is 5.84. The number of hydrogen-bond acceptors (Lipinski definition) is 1. The highest BCUT2D eigenvalue weighted by Crippen LogP contribution is 2.27. The Kier molecular flexibility index (Phi) is 4.08. The third kappa shape index (κ3) is 3.16. The number of benzene rings is 2. The molecule has 0 heterocycles. The van der Waals surface area contributed by atoms with Crippen LogP contribution in [-0.2, 0) is 5.41 Å². The van der Waals surface area contributed by atoms with Gasteiger partial charge < -0.3 is 0 Å². The molecule has 0 aliphatic carbocycles. The fraction of sp³-hybridized carbons (Fsp3) is 0.316. The van der Waals surface area contributed by atoms with Gasteiger partial charge in [0.2, 0.25) is 0 Å². The molecule has 2 rings (SSSR count). The summed E-state index contributed by atoms with van der Waals surface area (Å²) in [5.74, 6) is 0. The molecule has 0 unspecified atom stereocenters. The van der Waals surface area contributed by atoms with E-state index in [0.29, 0.717) is 0 Å². The second-order valence-corrected chi connectivity index (χ2v) is 6.31. The third-order valence-corrected chi connectivity index (χ3v) is 3.64. The smallest absolute Gasteiger partial charge is 0.0659 e. The van der Waals surface area contributed by atoms with Crippen molar-refractivity contribution in [2.75, 3.05) is 0 Å². The van der Waals surface area contributed by atoms with Crippen LogP contribution in [0.4, 0.5) is 5.69 Å². The maximum absolute atomic E-state index is 4.64. The minimum absolute atomic E-state index is 0.163. The molecule has 2 aromatic carbocycles. The van der Waals surface area contributed by atoms with Crippen LogP contribution < -0.4 is 0 Å². The standard InChI is InChI=1S/C19H23N/c1-14-9-6-7-12-18(14)20-13-16-10-8-11-17(15(16)2)19(3,4)5/h6-13H,1-5H3. The lowest BCUT2D eigenvalue weighted by Gasteiger charge is -2.22. The van der Waals surface area contributed by atoms with Crippen molar-refractivity contribution in [2.45, 2.75) is 40.0 Å². The molecule has 1 heteroatoms. The van der Waals surface area contributed by atoms with Crippen LogP contribution in [0.5, 0.6) is 0 Å². The lowest BCUT2D eigenvalue weighted by Crippen LogP contribution is -2.13. The molecular formula is C19H23N. The molecule has 0 radical (unpaired) electrons. The summed E-state index contributed by atoms with van der Waals surface area (Å²) in [6.45, 7) is 11.0. The second kappa shape index (κ2) is 5.62. The minimum Gasteiger partial charge on any atom is -0.256 e. The zero-order chi connectivity index (χ0) is 14.8. The first-order valence-corrected chi connectivity index (χ1v) is 7.09. The molecule has 0 spiro atoms. The van der Waals surface area contributed by atoms with E-state index in [1.165, 1.54) is 22.3 Å². The fourth-order valence-corrected chi connectivity index (χ4v) is 2.45. The van der Waals surface area contributed by atoms with E-state index in [1.54, 1.807) is 0 Å². The Morgan fingerprint density at radius 1 is 0.900 bits per heavy atom. The van der Waals surface area contributed by atoms with Crippen LogP contribution >= 0.6 is 0 Å². The topological polar surface area (TPSA) is 12.4 Å². The van der Waals surface area contributed by atoms with Crippen LogP contribution in [0.3, 0.4) is 0 Å². The summed E-state index contributed by atoms with van der Waals surface area (Å²) >= 11 is 0. The Labute approximate surface area is 122 Å². The van der Waals surface area contributed by atoms with Crippen molar-refractivity contribution in [3.8, 4) is 0 Å². The van der Waals surface area contributed by atoms with Crippen molar-refractivity contribution in [3.63, 3.8) is 0 Å². The van der Waals surface area contributed by atoms with Crippen LogP contribution in [0.1, 0.15) is 43.0 Å². The number of aliphatic imine (C=N–C) groups is 1. The molecule has 0 aromatic heterocycles. The predicted molar refractivity (Wildman–Crippen MR) is 88.3 cm³/mol. The average Bonchev–Trinajstić information content (AvgIpc) is 2.38. The Morgan fingerprint density at radius 3 is 2.25 bits per heavy atom. The molecule has 0 N–H and O–H groups in total. The van der Waals surface area contributed by atoms with Crippen molar-refractivity contribution in [2.24, 2.45) is 4.99 Å². The zero-order valence-electron chi connectivity index (χ0n) is 13.1. The molecule has 0 bridgehead atoms. The number of rotatable bonds is 2. The Balaban J connectivity index is 2.38. The second-order valence-electron chi connectivity index (χ2n) is 6.31. The first-order chi connectivity index (χ1) is 9.39. The molecule has 0 saturated heterocycles. The molecule has 0 atom stereocenters. The van der Waals surface area contributed by atoms with E-state index in [-0.39, 0.29) is 5.41 Å². The van der Waals surface area contributed by atoms with E-state index < -0.39 is 0 Å². The van der Waals surface area contributed by atoms with Crippen molar-refractivity contribution < 1.29 is 0 Å². The molecule has 104 valence electrons. The maximum Gasteiger partial charge on any atom is 0.0659 e. The zero-order valence-corrected chi connectivity index (χ0v) is 13.1. The Hall–Kier alpha value is -1.89. The molecule has 20 heavy (non-hydrogen) atoms. The lowest BCUT2D eigenvalue weighted by atomic mass is 9.83. The Morgan fingerprint density at radius 2 is 1.60 bits per heavy atom. The number of hydrogen-bond donors (Lipinski definition) is 0. The monoisotopic (exact) mass is 265 g/mol. The summed E-state index contributed by atoms with van der Waals surface area (Å²) in [6.07, 6.45) is 1.98. The summed E-state index contributed by atoms with van der Waals surface area (Å²) in [7, 11) is 0. The van der Waals surface area contributed by atoms with Gasteiger partial charge in [-0.2, -0.15) is 0 Å². The van der Waals surface area contributed by atoms with Crippen molar-refractivity contribution in [1.29, 1.82) is 0 Å². The fourth-order valence-electron chi connectivity index (χ4n) is 2.45. The van der Waals surface area contributed by atoms with Gasteiger partial charge in [-0.25, -0.2) is 0 Å². The predicted octanol–water partition coefficient (Wildman–Crippen LogP) is 5.35. The van der Waals surface area contributed by atoms with E-state index in [1.807, 2.05) is 18.3 Å². The van der Waals surface area contributed by atoms with E-state index in [9.17, 15) is 0 Å². The van der Waals surface area contributed by atoms with Gasteiger partial charge in [0, 0.05) is 6.21 Å². The minimum atomic E-state index is 0.163. The van der Waals surface area contributed by atoms with E-state index in [2.05, 4.69) is 69.9 Å². The molecule has 0 saturated carbocycles. The SMILES string of the molecule is Cc1ccccc1N=Cc1cccc(C(C)(C)C)c1C. The number of nitrogens with zero attached hydrogens (tertiary/aromatic N) is 1. The van der Waals surface area contributed by atoms with Crippen molar-refractivity contribution in [3.05, 3.63) is 64.7 Å². The highest BCUT2D eigenvalue weighted by atomic mass is 14.7. The largest absolute Gasteiger partial charge is 0.256 e. The van der Waals surface area contributed by atoms with Crippen molar-refractivity contribution in [1.82, 2.24) is 0 Å². The molecule has 2 aromatic rings. The van der Waals surface area contributed by atoms with Crippen LogP contribution in [0.15, 0.2) is 47.5 Å². The van der Waals surface area contributed by atoms with Gasteiger partial charge in [-0.3, -0.25) is 4.99 Å². The quantitative estimate of drug-likeness (QED) is 0.649. The van der Waals surface area contributed by atoms with Crippen LogP contribution in [0, 0.1) is 13.8 Å². The summed E-state index contributed by atoms with van der Waals surface area (Å²) in [5, 5.41) is 0. The first-order valence-electron chi connectivity index (χ1n) is 7.09. The highest BCUT2D eigenvalue weighted by Gasteiger charge is 2.16. The van der Waals surface area contributed by atoms with Gasteiger partial charge in [0.15, 0.2) is 0 Å². The third-order valence-electron chi connectivity index (χ3n) is 3.64. The van der Waals surface area contributed by atoms with Crippen molar-refractivity contribution >= 4 is 11.9 Å². The number of para-hydroxylation sites is 1. The van der Waals surface area contributed by atoms with Gasteiger partial charge in [0.05, 0.1) is 5.69 Å². The van der Waals surface area contributed by atoms with Gasteiger partial charge in [-0.1, -0.05) is 57.2 Å². The van der Waals surface area contributed by atoms with Crippen LogP contribution in [0.2, 0.25) is 0 Å². The maximum atomic E-state index is 4.64. The molecule has 0 amide bonds. The molecule has 1 nitrogen and oxygen atoms in total. The van der Waals surface area contributed by atoms with Gasteiger partial charge in [-0.15, -0.1) is 0 Å². The van der Waals surface area contributed by atoms with E-state index in [4.69, 9.17) is 0 Å². The Bertz CT molecular complexity index is 630. The lowest BCUT2D eigenvalue weighted by molar-refractivity contribution is 0.586. The summed E-state index contributed by atoms with van der Waals surface area (Å²) < 4.78 is 0. The van der Waals surface area contributed by atoms with Gasteiger partial charge in [-0.05, 0) is 47.6 Å². The van der Waals surface area contributed by atoms with E-state index >= 15 is 0 Å². The molecule has 0 fully saturated rings. The summed E-state index contributed by atoms with van der Waals surface area (Å²) in [4.78, 5) is 4.64. The van der Waals surface area contributed by atoms with Crippen LogP contribution in [0.25, 0.3) is 0 Å². The van der Waals surface area contributed by atoms with Gasteiger partial charge in [0.25, 0.3) is 0 Å². The molecule has 0 aliphatic rings. The number of aryl methyl sites for hydroxylation is 1. The van der Waals surface area contributed by atoms with E-state index in [0.717, 1.165) is 5.69 Å². The summed E-state index contributed by atoms with van der Waals surface area (Å²) in [6, 6.07) is 14.7. The first kappa shape index (κ1) is 14.5.